The molecule has 3 saturated carbocycles. The van der Waals surface area contributed by atoms with Crippen LogP contribution < -0.4 is 0 Å². The maximum Gasteiger partial charge on any atom is 0.303 e. The smallest absolute Gasteiger partial charge is 0.303 e. The maximum atomic E-state index is 10.6. The molecule has 3 aliphatic carbocycles. The molecule has 0 aromatic heterocycles. The zero-order chi connectivity index (χ0) is 18.4. The van der Waals surface area contributed by atoms with E-state index in [0.717, 1.165) is 48.3 Å². The minimum atomic E-state index is -0.634. The highest BCUT2D eigenvalue weighted by Gasteiger charge is 2.46. The molecule has 1 N–H and O–H groups in total. The third kappa shape index (κ3) is 5.49. The zero-order valence-electron chi connectivity index (χ0n) is 17.1. The first-order valence-electron chi connectivity index (χ1n) is 11.9. The van der Waals surface area contributed by atoms with E-state index in [1.54, 1.807) is 12.8 Å². The summed E-state index contributed by atoms with van der Waals surface area (Å²) in [6.45, 7) is 2.34. The molecule has 2 heteroatoms. The van der Waals surface area contributed by atoms with Crippen LogP contribution in [0.1, 0.15) is 110 Å². The quantitative estimate of drug-likeness (QED) is 0.422. The van der Waals surface area contributed by atoms with Crippen LogP contribution in [-0.4, -0.2) is 11.1 Å². The predicted molar refractivity (Wildman–Crippen MR) is 108 cm³/mol. The van der Waals surface area contributed by atoms with Crippen molar-refractivity contribution in [3.05, 3.63) is 0 Å². The van der Waals surface area contributed by atoms with Gasteiger partial charge in [0.05, 0.1) is 0 Å². The highest BCUT2D eigenvalue weighted by Crippen LogP contribution is 2.56. The molecular weight excluding hydrogens is 320 g/mol. The molecule has 2 nitrogen and oxygen atoms in total. The van der Waals surface area contributed by atoms with E-state index in [1.807, 2.05) is 0 Å². The second kappa shape index (κ2) is 10.1. The first-order valence-corrected chi connectivity index (χ1v) is 11.9. The number of carboxylic acid groups (broad SMARTS) is 1. The van der Waals surface area contributed by atoms with Crippen molar-refractivity contribution in [1.82, 2.24) is 0 Å². The average molecular weight is 363 g/mol. The molecule has 0 heterocycles. The van der Waals surface area contributed by atoms with Crippen LogP contribution in [0.2, 0.25) is 0 Å². The molecule has 0 amide bonds. The van der Waals surface area contributed by atoms with Crippen LogP contribution in [0.25, 0.3) is 0 Å². The summed E-state index contributed by atoms with van der Waals surface area (Å²) >= 11 is 0. The fourth-order valence-electron chi connectivity index (χ4n) is 7.07. The lowest BCUT2D eigenvalue weighted by atomic mass is 9.52. The standard InChI is InChI=1S/C24H42O2/c1-2-3-9-18-14-20-11-8-12-21-15-19(17-22(16-18)24(20)21)10-6-4-5-7-13-23(25)26/h18-22,24H,2-17H2,1H3,(H,25,26). The summed E-state index contributed by atoms with van der Waals surface area (Å²) < 4.78 is 0. The van der Waals surface area contributed by atoms with Crippen molar-refractivity contribution < 1.29 is 9.90 Å². The highest BCUT2D eigenvalue weighted by molar-refractivity contribution is 5.66. The van der Waals surface area contributed by atoms with Crippen LogP contribution in [-0.2, 0) is 4.79 Å². The van der Waals surface area contributed by atoms with Crippen molar-refractivity contribution in [3.63, 3.8) is 0 Å². The first-order chi connectivity index (χ1) is 12.7. The van der Waals surface area contributed by atoms with Crippen molar-refractivity contribution >= 4 is 5.97 Å². The third-order valence-corrected chi connectivity index (χ3v) is 8.05. The Morgan fingerprint density at radius 3 is 2.00 bits per heavy atom. The summed E-state index contributed by atoms with van der Waals surface area (Å²) in [6, 6.07) is 0. The number of aliphatic carboxylic acids is 1. The maximum absolute atomic E-state index is 10.6. The number of carbonyl (C=O) groups is 1. The van der Waals surface area contributed by atoms with Gasteiger partial charge in [0.15, 0.2) is 0 Å². The summed E-state index contributed by atoms with van der Waals surface area (Å²) in [5, 5.41) is 8.74. The van der Waals surface area contributed by atoms with Crippen molar-refractivity contribution in [2.75, 3.05) is 0 Å². The summed E-state index contributed by atoms with van der Waals surface area (Å²) in [5.74, 6) is 5.65. The van der Waals surface area contributed by atoms with Gasteiger partial charge in [0.2, 0.25) is 0 Å². The van der Waals surface area contributed by atoms with E-state index in [2.05, 4.69) is 6.92 Å². The zero-order valence-corrected chi connectivity index (χ0v) is 17.1. The van der Waals surface area contributed by atoms with Gasteiger partial charge in [-0.15, -0.1) is 0 Å². The molecule has 0 aromatic carbocycles. The second-order valence-corrected chi connectivity index (χ2v) is 9.95. The Bertz CT molecular complexity index is 432. The number of unbranched alkanes of at least 4 members (excludes halogenated alkanes) is 4. The van der Waals surface area contributed by atoms with E-state index in [0.29, 0.717) is 6.42 Å². The van der Waals surface area contributed by atoms with E-state index in [1.165, 1.54) is 70.6 Å². The van der Waals surface area contributed by atoms with E-state index >= 15 is 0 Å². The molecule has 0 spiro atoms. The summed E-state index contributed by atoms with van der Waals surface area (Å²) in [6.07, 6.45) is 21.3. The van der Waals surface area contributed by atoms with Gasteiger partial charge in [-0.05, 0) is 67.6 Å². The van der Waals surface area contributed by atoms with Crippen LogP contribution in [0.3, 0.4) is 0 Å². The van der Waals surface area contributed by atoms with Crippen LogP contribution in [0, 0.1) is 35.5 Å². The molecule has 0 aromatic rings. The fourth-order valence-corrected chi connectivity index (χ4v) is 7.07. The number of carboxylic acids is 1. The normalized spacial score (nSPS) is 36.5. The van der Waals surface area contributed by atoms with Crippen LogP contribution >= 0.6 is 0 Å². The second-order valence-electron chi connectivity index (χ2n) is 9.95. The molecule has 0 radical (unpaired) electrons. The highest BCUT2D eigenvalue weighted by atomic mass is 16.4. The molecule has 3 rings (SSSR count). The summed E-state index contributed by atoms with van der Waals surface area (Å²) in [5.41, 5.74) is 0. The Labute approximate surface area is 161 Å². The lowest BCUT2D eigenvalue weighted by Crippen LogP contribution is -2.44. The van der Waals surface area contributed by atoms with Gasteiger partial charge in [-0.3, -0.25) is 4.79 Å². The molecule has 0 aliphatic heterocycles. The van der Waals surface area contributed by atoms with Crippen molar-refractivity contribution in [3.8, 4) is 0 Å². The van der Waals surface area contributed by atoms with Gasteiger partial charge >= 0.3 is 5.97 Å². The monoisotopic (exact) mass is 362 g/mol. The summed E-state index contributed by atoms with van der Waals surface area (Å²) in [4.78, 5) is 10.6. The van der Waals surface area contributed by atoms with Gasteiger partial charge in [-0.2, -0.15) is 0 Å². The predicted octanol–water partition coefficient (Wildman–Crippen LogP) is 7.07. The van der Waals surface area contributed by atoms with Crippen LogP contribution in [0.4, 0.5) is 0 Å². The van der Waals surface area contributed by atoms with Gasteiger partial charge in [0, 0.05) is 6.42 Å². The summed E-state index contributed by atoms with van der Waals surface area (Å²) in [7, 11) is 0. The number of hydrogen-bond acceptors (Lipinski definition) is 1. The molecule has 3 fully saturated rings. The Morgan fingerprint density at radius 2 is 1.38 bits per heavy atom. The third-order valence-electron chi connectivity index (χ3n) is 8.05. The molecule has 0 saturated heterocycles. The molecule has 3 aliphatic rings. The minimum Gasteiger partial charge on any atom is -0.481 e. The van der Waals surface area contributed by atoms with Crippen molar-refractivity contribution in [2.45, 2.75) is 110 Å². The Hall–Kier alpha value is -0.530. The van der Waals surface area contributed by atoms with E-state index in [-0.39, 0.29) is 0 Å². The lowest BCUT2D eigenvalue weighted by Gasteiger charge is -2.53. The fraction of sp³-hybridized carbons (Fsp3) is 0.958. The minimum absolute atomic E-state index is 0.357. The Kier molecular flexibility index (Phi) is 7.88. The van der Waals surface area contributed by atoms with Crippen molar-refractivity contribution in [2.24, 2.45) is 35.5 Å². The van der Waals surface area contributed by atoms with Gasteiger partial charge < -0.3 is 5.11 Å². The Balaban J connectivity index is 1.45. The molecule has 150 valence electrons. The van der Waals surface area contributed by atoms with Gasteiger partial charge in [0.25, 0.3) is 0 Å². The lowest BCUT2D eigenvalue weighted by molar-refractivity contribution is -0.137. The van der Waals surface area contributed by atoms with E-state index < -0.39 is 5.97 Å². The molecule has 26 heavy (non-hydrogen) atoms. The topological polar surface area (TPSA) is 37.3 Å². The molecule has 0 bridgehead atoms. The number of rotatable bonds is 10. The SMILES string of the molecule is CCCCC1CC2CCCC3CC(CCCCCCC(=O)O)CC(C1)C23. The largest absolute Gasteiger partial charge is 0.481 e. The van der Waals surface area contributed by atoms with Gasteiger partial charge in [-0.1, -0.05) is 71.1 Å². The first kappa shape index (κ1) is 20.2. The molecule has 6 unspecified atom stereocenters. The van der Waals surface area contributed by atoms with Crippen LogP contribution in [0.15, 0.2) is 0 Å². The Morgan fingerprint density at radius 1 is 0.808 bits per heavy atom. The number of hydrogen-bond donors (Lipinski definition) is 1. The van der Waals surface area contributed by atoms with E-state index in [9.17, 15) is 4.79 Å². The average Bonchev–Trinajstić information content (AvgIpc) is 2.62. The van der Waals surface area contributed by atoms with Crippen molar-refractivity contribution in [1.29, 1.82) is 0 Å². The van der Waals surface area contributed by atoms with Crippen LogP contribution in [0.5, 0.6) is 0 Å². The molecule has 6 atom stereocenters. The van der Waals surface area contributed by atoms with E-state index in [4.69, 9.17) is 5.11 Å². The molecular formula is C24H42O2. The van der Waals surface area contributed by atoms with Gasteiger partial charge in [0.1, 0.15) is 0 Å². The van der Waals surface area contributed by atoms with Gasteiger partial charge in [-0.25, -0.2) is 0 Å².